The van der Waals surface area contributed by atoms with Crippen LogP contribution in [-0.4, -0.2) is 12.6 Å². The average molecular weight is 198 g/mol. The van der Waals surface area contributed by atoms with Crippen molar-refractivity contribution in [3.63, 3.8) is 0 Å². The fourth-order valence-electron chi connectivity index (χ4n) is 0.167. The number of esters is 1. The van der Waals surface area contributed by atoms with Gasteiger partial charge in [0, 0.05) is 0 Å². The molecule has 0 aromatic carbocycles. The molecule has 0 saturated carbocycles. The summed E-state index contributed by atoms with van der Waals surface area (Å²) in [5.74, 6) is 0.849. The Morgan fingerprint density at radius 1 is 1.89 bits per heavy atom. The number of hydrogen-bond donors (Lipinski definition) is 0. The summed E-state index contributed by atoms with van der Waals surface area (Å²) in [5, 5.41) is 0. The number of halogens is 1. The predicted octanol–water partition coefficient (Wildman–Crippen LogP) is 0.826. The van der Waals surface area contributed by atoms with E-state index >= 15 is 0 Å². The van der Waals surface area contributed by atoms with Crippen LogP contribution >= 0.6 is 9.69 Å². The molecule has 9 heavy (non-hydrogen) atoms. The molecule has 0 amide bonds. The first-order chi connectivity index (χ1) is 4.31. The zero-order valence-electron chi connectivity index (χ0n) is 5.11. The van der Waals surface area contributed by atoms with E-state index in [0.717, 1.165) is 17.3 Å². The fourth-order valence-corrected chi connectivity index (χ4v) is 0.167. The summed E-state index contributed by atoms with van der Waals surface area (Å²) < 4.78 is 4.25. The van der Waals surface area contributed by atoms with E-state index in [9.17, 15) is 4.79 Å². The van der Waals surface area contributed by atoms with Crippen LogP contribution in [0.15, 0.2) is 0 Å². The molecule has 0 aliphatic carbocycles. The zero-order valence-corrected chi connectivity index (χ0v) is 8.83. The number of hydrogen-bond acceptors (Lipinski definition) is 2. The standard InChI is InChI=1S/C5H5O2.ClH.Zn/c1-3-5(6)7-4-2;;/h4H2,2H3;1H;/q-1;;+2/p-1. The van der Waals surface area contributed by atoms with Gasteiger partial charge in [-0.2, -0.15) is 0 Å². The Kier molecular flexibility index (Phi) is 14.1. The molecule has 0 aromatic rings. The molecule has 0 rings (SSSR count). The Bertz CT molecular complexity index is 108. The Labute approximate surface area is 68.6 Å². The van der Waals surface area contributed by atoms with Crippen molar-refractivity contribution < 1.29 is 26.8 Å². The third-order valence-electron chi connectivity index (χ3n) is 0.377. The van der Waals surface area contributed by atoms with Gasteiger partial charge in [-0.25, -0.2) is 5.92 Å². The summed E-state index contributed by atoms with van der Waals surface area (Å²) in [4.78, 5) is 9.89. The van der Waals surface area contributed by atoms with Gasteiger partial charge in [-0.3, -0.25) is 0 Å². The molecule has 4 heteroatoms. The summed E-state index contributed by atoms with van der Waals surface area (Å²) in [6.07, 6.45) is 6.19. The van der Waals surface area contributed by atoms with Gasteiger partial charge in [0.1, 0.15) is 0 Å². The first kappa shape index (κ1) is 11.7. The van der Waals surface area contributed by atoms with E-state index in [1.807, 2.05) is 0 Å². The van der Waals surface area contributed by atoms with Gasteiger partial charge in [-0.1, -0.05) is 0 Å². The van der Waals surface area contributed by atoms with E-state index in [4.69, 9.17) is 16.1 Å². The first-order valence-corrected chi connectivity index (χ1v) is 6.07. The fraction of sp³-hybridized carbons (Fsp3) is 0.400. The molecule has 0 fully saturated rings. The average Bonchev–Trinajstić information content (AvgIpc) is 1.93. The third kappa shape index (κ3) is 11.5. The normalized spacial score (nSPS) is 6.11. The van der Waals surface area contributed by atoms with Crippen LogP contribution in [0.4, 0.5) is 0 Å². The van der Waals surface area contributed by atoms with E-state index in [-0.39, 0.29) is 0 Å². The van der Waals surface area contributed by atoms with Gasteiger partial charge in [0.25, 0.3) is 0 Å². The molecular formula is C5H5ClO2Zn. The summed E-state index contributed by atoms with van der Waals surface area (Å²) in [6.45, 7) is 1.99. The van der Waals surface area contributed by atoms with Crippen LogP contribution in [0.2, 0.25) is 0 Å². The molecule has 0 aromatic heterocycles. The molecule has 0 heterocycles. The van der Waals surface area contributed by atoms with Gasteiger partial charge in [0.05, 0.1) is 6.61 Å². The molecule has 0 bridgehead atoms. The molecule has 0 aliphatic rings. The second-order valence-corrected chi connectivity index (χ2v) is 0.845. The molecule has 0 spiro atoms. The Morgan fingerprint density at radius 2 is 2.33 bits per heavy atom. The van der Waals surface area contributed by atoms with Crippen molar-refractivity contribution in [3.05, 3.63) is 6.42 Å². The molecule has 0 aliphatic heterocycles. The molecule has 2 nitrogen and oxygen atoms in total. The van der Waals surface area contributed by atoms with Crippen molar-refractivity contribution in [2.45, 2.75) is 6.92 Å². The number of carbonyl (C=O) groups is 1. The molecule has 0 atom stereocenters. The zero-order chi connectivity index (χ0) is 7.70. The number of ether oxygens (including phenoxy) is 1. The van der Waals surface area contributed by atoms with Crippen LogP contribution in [0.5, 0.6) is 0 Å². The summed E-state index contributed by atoms with van der Waals surface area (Å²) in [5.41, 5.74) is 0. The molecule has 0 saturated heterocycles. The molecule has 0 N–H and O–H groups in total. The van der Waals surface area contributed by atoms with Gasteiger partial charge in [-0.15, -0.1) is 0 Å². The number of rotatable bonds is 1. The topological polar surface area (TPSA) is 26.3 Å². The van der Waals surface area contributed by atoms with Gasteiger partial charge < -0.3 is 16.0 Å². The Balaban J connectivity index is 0. The van der Waals surface area contributed by atoms with E-state index in [1.54, 1.807) is 12.8 Å². The molecule has 0 radical (unpaired) electrons. The summed E-state index contributed by atoms with van der Waals surface area (Å²) in [6, 6.07) is 0. The maximum absolute atomic E-state index is 9.89. The van der Waals surface area contributed by atoms with E-state index < -0.39 is 5.97 Å². The number of carbonyl (C=O) groups excluding carboxylic acids is 1. The van der Waals surface area contributed by atoms with Crippen molar-refractivity contribution in [1.82, 2.24) is 0 Å². The molecule has 0 unspecified atom stereocenters. The van der Waals surface area contributed by atoms with Crippen LogP contribution in [0, 0.1) is 12.3 Å². The van der Waals surface area contributed by atoms with E-state index in [1.165, 1.54) is 0 Å². The molecule has 46 valence electrons. The van der Waals surface area contributed by atoms with Crippen LogP contribution in [0.3, 0.4) is 0 Å². The van der Waals surface area contributed by atoms with Crippen molar-refractivity contribution in [3.8, 4) is 5.92 Å². The van der Waals surface area contributed by atoms with E-state index in [0.29, 0.717) is 6.61 Å². The minimum absolute atomic E-state index is 0.310. The van der Waals surface area contributed by atoms with Gasteiger partial charge in [0.15, 0.2) is 0 Å². The summed E-state index contributed by atoms with van der Waals surface area (Å²) in [7, 11) is 4.76. The Morgan fingerprint density at radius 3 is 2.44 bits per heavy atom. The van der Waals surface area contributed by atoms with Crippen molar-refractivity contribution in [2.75, 3.05) is 6.61 Å². The van der Waals surface area contributed by atoms with Crippen molar-refractivity contribution >= 4 is 15.7 Å². The monoisotopic (exact) mass is 196 g/mol. The maximum atomic E-state index is 9.89. The third-order valence-corrected chi connectivity index (χ3v) is 0.377. The van der Waals surface area contributed by atoms with Crippen molar-refractivity contribution in [2.24, 2.45) is 0 Å². The SMILES string of the molecule is [C-]#CC(=O)OCC.[Cl][Zn+]. The van der Waals surface area contributed by atoms with Crippen LogP contribution in [0.1, 0.15) is 6.92 Å². The minimum atomic E-state index is -0.706. The van der Waals surface area contributed by atoms with E-state index in [2.05, 4.69) is 4.74 Å². The summed E-state index contributed by atoms with van der Waals surface area (Å²) >= 11 is 0.847. The Hall–Kier alpha value is -0.0566. The predicted molar refractivity (Wildman–Crippen MR) is 29.6 cm³/mol. The quantitative estimate of drug-likeness (QED) is 0.270. The van der Waals surface area contributed by atoms with Gasteiger partial charge in [0.2, 0.25) is 5.97 Å². The van der Waals surface area contributed by atoms with Gasteiger partial charge >= 0.3 is 27.0 Å². The van der Waals surface area contributed by atoms with Crippen LogP contribution < -0.4 is 0 Å². The second-order valence-electron chi connectivity index (χ2n) is 0.845. The van der Waals surface area contributed by atoms with Crippen molar-refractivity contribution in [1.29, 1.82) is 0 Å². The van der Waals surface area contributed by atoms with Gasteiger partial charge in [-0.05, 0) is 6.92 Å². The van der Waals surface area contributed by atoms with Crippen LogP contribution in [-0.2, 0) is 26.8 Å². The second kappa shape index (κ2) is 10.8. The van der Waals surface area contributed by atoms with Crippen LogP contribution in [0.25, 0.3) is 0 Å². The molecular weight excluding hydrogens is 193 g/mol. The first-order valence-electron chi connectivity index (χ1n) is 2.17.